The van der Waals surface area contributed by atoms with Crippen LogP contribution in [0, 0.1) is 5.92 Å². The van der Waals surface area contributed by atoms with Crippen molar-refractivity contribution in [2.45, 2.75) is 71.1 Å². The van der Waals surface area contributed by atoms with Crippen molar-refractivity contribution in [2.75, 3.05) is 13.2 Å². The summed E-state index contributed by atoms with van der Waals surface area (Å²) >= 11 is 0. The number of hydrogen-bond acceptors (Lipinski definition) is 3. The van der Waals surface area contributed by atoms with E-state index in [9.17, 15) is 4.79 Å². The molecule has 0 atom stereocenters. The summed E-state index contributed by atoms with van der Waals surface area (Å²) < 4.78 is 10.9. The topological polar surface area (TPSA) is 35.5 Å². The van der Waals surface area contributed by atoms with Gasteiger partial charge in [-0.1, -0.05) is 38.5 Å². The summed E-state index contributed by atoms with van der Waals surface area (Å²) in [5.74, 6) is 2.28. The molecule has 0 amide bonds. The number of rotatable bonds is 10. The molecule has 0 aromatic heterocycles. The van der Waals surface area contributed by atoms with Crippen molar-refractivity contribution in [3.8, 4) is 5.75 Å². The number of esters is 1. The molecule has 1 aliphatic rings. The van der Waals surface area contributed by atoms with Crippen LogP contribution in [-0.4, -0.2) is 19.2 Å². The number of benzene rings is 1. The Morgan fingerprint density at radius 2 is 1.73 bits per heavy atom. The van der Waals surface area contributed by atoms with Gasteiger partial charge >= 0.3 is 5.97 Å². The first-order valence-electron chi connectivity index (χ1n) is 10.2. The van der Waals surface area contributed by atoms with E-state index in [-0.39, 0.29) is 5.97 Å². The fraction of sp³-hybridized carbons (Fsp3) is 0.609. The van der Waals surface area contributed by atoms with E-state index in [1.165, 1.54) is 44.1 Å². The average Bonchev–Trinajstić information content (AvgIpc) is 2.65. The minimum Gasteiger partial charge on any atom is -0.494 e. The van der Waals surface area contributed by atoms with Crippen molar-refractivity contribution in [1.82, 2.24) is 0 Å². The van der Waals surface area contributed by atoms with Crippen LogP contribution in [0.1, 0.15) is 76.7 Å². The number of hydrogen-bond donors (Lipinski definition) is 0. The molecule has 0 N–H and O–H groups in total. The molecule has 0 saturated heterocycles. The molecule has 26 heavy (non-hydrogen) atoms. The first-order valence-corrected chi connectivity index (χ1v) is 10.2. The second-order valence-electron chi connectivity index (χ2n) is 7.55. The molecule has 3 nitrogen and oxygen atoms in total. The largest absolute Gasteiger partial charge is 0.494 e. The fourth-order valence-corrected chi connectivity index (χ4v) is 3.71. The Kier molecular flexibility index (Phi) is 8.73. The second kappa shape index (κ2) is 11.1. The Balaban J connectivity index is 1.63. The summed E-state index contributed by atoms with van der Waals surface area (Å²) in [5.41, 5.74) is 1.90. The number of ether oxygens (including phenoxy) is 2. The molecule has 144 valence electrons. The minimum absolute atomic E-state index is 0.315. The molecule has 0 unspecified atom stereocenters. The monoisotopic (exact) mass is 358 g/mol. The molecule has 0 aliphatic heterocycles. The molecule has 3 heteroatoms. The van der Waals surface area contributed by atoms with E-state index >= 15 is 0 Å². The quantitative estimate of drug-likeness (QED) is 0.291. The van der Waals surface area contributed by atoms with E-state index in [4.69, 9.17) is 9.47 Å². The van der Waals surface area contributed by atoms with Crippen LogP contribution >= 0.6 is 0 Å². The van der Waals surface area contributed by atoms with E-state index in [1.807, 2.05) is 0 Å². The van der Waals surface area contributed by atoms with Crippen LogP contribution in [-0.2, 0) is 9.53 Å². The van der Waals surface area contributed by atoms with Gasteiger partial charge in [0.2, 0.25) is 0 Å². The molecule has 1 saturated carbocycles. The van der Waals surface area contributed by atoms with Crippen LogP contribution in [0.4, 0.5) is 0 Å². The standard InChI is InChI=1S/C23H34O3/c1-4-7-19-8-10-20(11-9-19)21-12-14-22(15-13-21)25-16-5-6-17-26-23(24)18(2)3/h12-15,19-20H,2,4-11,16-17H2,1,3H3. The lowest BCUT2D eigenvalue weighted by Crippen LogP contribution is -2.13. The summed E-state index contributed by atoms with van der Waals surface area (Å²) in [6.45, 7) is 8.58. The first kappa shape index (κ1) is 20.5. The van der Waals surface area contributed by atoms with Gasteiger partial charge in [0.25, 0.3) is 0 Å². The van der Waals surface area contributed by atoms with Crippen LogP contribution in [0.2, 0.25) is 0 Å². The summed E-state index contributed by atoms with van der Waals surface area (Å²) in [5, 5.41) is 0. The Morgan fingerprint density at radius 1 is 1.08 bits per heavy atom. The van der Waals surface area contributed by atoms with Gasteiger partial charge in [0.1, 0.15) is 5.75 Å². The Labute approximate surface area is 158 Å². The van der Waals surface area contributed by atoms with Crippen molar-refractivity contribution >= 4 is 5.97 Å². The maximum absolute atomic E-state index is 11.3. The third-order valence-corrected chi connectivity index (χ3v) is 5.28. The van der Waals surface area contributed by atoms with E-state index in [0.29, 0.717) is 18.8 Å². The number of unbranched alkanes of at least 4 members (excludes halogenated alkanes) is 1. The van der Waals surface area contributed by atoms with Gasteiger partial charge in [0.05, 0.1) is 13.2 Å². The van der Waals surface area contributed by atoms with Gasteiger partial charge in [0.15, 0.2) is 0 Å². The maximum Gasteiger partial charge on any atom is 0.333 e. The Bertz CT molecular complexity index is 553. The van der Waals surface area contributed by atoms with Crippen LogP contribution in [0.15, 0.2) is 36.4 Å². The highest BCUT2D eigenvalue weighted by atomic mass is 16.5. The lowest BCUT2D eigenvalue weighted by Gasteiger charge is -2.28. The van der Waals surface area contributed by atoms with Crippen molar-refractivity contribution in [1.29, 1.82) is 0 Å². The lowest BCUT2D eigenvalue weighted by atomic mass is 9.77. The predicted molar refractivity (Wildman–Crippen MR) is 107 cm³/mol. The van der Waals surface area contributed by atoms with Gasteiger partial charge in [-0.25, -0.2) is 4.79 Å². The first-order chi connectivity index (χ1) is 12.6. The minimum atomic E-state index is -0.315. The molecule has 0 spiro atoms. The summed E-state index contributed by atoms with van der Waals surface area (Å²) in [7, 11) is 0. The molecule has 1 aliphatic carbocycles. The molecule has 0 bridgehead atoms. The zero-order chi connectivity index (χ0) is 18.8. The van der Waals surface area contributed by atoms with Crippen molar-refractivity contribution in [2.24, 2.45) is 5.92 Å². The zero-order valence-electron chi connectivity index (χ0n) is 16.5. The van der Waals surface area contributed by atoms with Gasteiger partial charge in [-0.3, -0.25) is 0 Å². The van der Waals surface area contributed by atoms with E-state index in [1.54, 1.807) is 6.92 Å². The Hall–Kier alpha value is -1.77. The van der Waals surface area contributed by atoms with Crippen molar-refractivity contribution < 1.29 is 14.3 Å². The summed E-state index contributed by atoms with van der Waals surface area (Å²) in [6, 6.07) is 8.65. The smallest absolute Gasteiger partial charge is 0.333 e. The molecule has 1 aromatic carbocycles. The van der Waals surface area contributed by atoms with E-state index in [0.717, 1.165) is 30.4 Å². The Morgan fingerprint density at radius 3 is 2.35 bits per heavy atom. The van der Waals surface area contributed by atoms with Gasteiger partial charge in [-0.05, 0) is 75.0 Å². The van der Waals surface area contributed by atoms with Gasteiger partial charge in [0, 0.05) is 5.57 Å². The van der Waals surface area contributed by atoms with Crippen LogP contribution < -0.4 is 4.74 Å². The number of carbonyl (C=O) groups is 1. The van der Waals surface area contributed by atoms with Gasteiger partial charge < -0.3 is 9.47 Å². The van der Waals surface area contributed by atoms with Gasteiger partial charge in [-0.15, -0.1) is 0 Å². The third kappa shape index (κ3) is 6.86. The molecule has 0 radical (unpaired) electrons. The zero-order valence-corrected chi connectivity index (χ0v) is 16.5. The lowest BCUT2D eigenvalue weighted by molar-refractivity contribution is -0.139. The second-order valence-corrected chi connectivity index (χ2v) is 7.55. The highest BCUT2D eigenvalue weighted by Crippen LogP contribution is 2.37. The summed E-state index contributed by atoms with van der Waals surface area (Å²) in [4.78, 5) is 11.3. The third-order valence-electron chi connectivity index (χ3n) is 5.28. The maximum atomic E-state index is 11.3. The van der Waals surface area contributed by atoms with Crippen molar-refractivity contribution in [3.05, 3.63) is 42.0 Å². The fourth-order valence-electron chi connectivity index (χ4n) is 3.71. The molecular weight excluding hydrogens is 324 g/mol. The number of carbonyl (C=O) groups excluding carboxylic acids is 1. The van der Waals surface area contributed by atoms with Crippen LogP contribution in [0.3, 0.4) is 0 Å². The van der Waals surface area contributed by atoms with E-state index < -0.39 is 0 Å². The van der Waals surface area contributed by atoms with Gasteiger partial charge in [-0.2, -0.15) is 0 Å². The molecule has 2 rings (SSSR count). The highest BCUT2D eigenvalue weighted by molar-refractivity contribution is 5.86. The van der Waals surface area contributed by atoms with Crippen LogP contribution in [0.25, 0.3) is 0 Å². The summed E-state index contributed by atoms with van der Waals surface area (Å²) in [6.07, 6.45) is 9.80. The van der Waals surface area contributed by atoms with E-state index in [2.05, 4.69) is 37.8 Å². The molecular formula is C23H34O3. The SMILES string of the molecule is C=C(C)C(=O)OCCCCOc1ccc(C2CCC(CCC)CC2)cc1. The van der Waals surface area contributed by atoms with Crippen LogP contribution in [0.5, 0.6) is 5.75 Å². The predicted octanol–water partition coefficient (Wildman–Crippen LogP) is 6.04. The average molecular weight is 359 g/mol. The molecule has 0 heterocycles. The normalized spacial score (nSPS) is 19.8. The van der Waals surface area contributed by atoms with Crippen molar-refractivity contribution in [3.63, 3.8) is 0 Å². The highest BCUT2D eigenvalue weighted by Gasteiger charge is 2.21. The molecule has 1 fully saturated rings. The molecule has 1 aromatic rings.